The molecule has 0 aromatic carbocycles. The Bertz CT molecular complexity index is 413. The maximum atomic E-state index is 6.09. The van der Waals surface area contributed by atoms with Crippen molar-refractivity contribution in [3.8, 4) is 0 Å². The van der Waals surface area contributed by atoms with Gasteiger partial charge in [-0.05, 0) is 59.5 Å². The summed E-state index contributed by atoms with van der Waals surface area (Å²) >= 11 is 0. The fourth-order valence-corrected chi connectivity index (χ4v) is 2.12. The monoisotopic (exact) mass is 264 g/mol. The predicted octanol–water partition coefficient (Wildman–Crippen LogP) is 2.35. The molecule has 19 heavy (non-hydrogen) atoms. The lowest BCUT2D eigenvalue weighted by Gasteiger charge is -2.41. The first kappa shape index (κ1) is 15.9. The van der Waals surface area contributed by atoms with Crippen LogP contribution in [-0.2, 0) is 0 Å². The van der Waals surface area contributed by atoms with Crippen LogP contribution in [-0.4, -0.2) is 36.1 Å². The van der Waals surface area contributed by atoms with Crippen LogP contribution in [0.3, 0.4) is 0 Å². The van der Waals surface area contributed by atoms with Crippen molar-refractivity contribution in [2.24, 2.45) is 0 Å². The SMILES string of the molecule is CCCNC(c1cc(C)cnc1N)C(C)(C)N(C)C. The molecule has 1 aromatic heterocycles. The first-order valence-electron chi connectivity index (χ1n) is 6.93. The van der Waals surface area contributed by atoms with Crippen LogP contribution in [0.15, 0.2) is 12.3 Å². The van der Waals surface area contributed by atoms with Crippen molar-refractivity contribution in [1.29, 1.82) is 0 Å². The Balaban J connectivity index is 3.19. The van der Waals surface area contributed by atoms with E-state index in [0.717, 1.165) is 24.1 Å². The molecule has 3 N–H and O–H groups in total. The third kappa shape index (κ3) is 3.67. The third-order valence-corrected chi connectivity index (χ3v) is 3.85. The van der Waals surface area contributed by atoms with Gasteiger partial charge in [-0.3, -0.25) is 0 Å². The van der Waals surface area contributed by atoms with Crippen molar-refractivity contribution in [3.63, 3.8) is 0 Å². The van der Waals surface area contributed by atoms with Gasteiger partial charge in [0.2, 0.25) is 0 Å². The van der Waals surface area contributed by atoms with E-state index in [4.69, 9.17) is 5.73 Å². The minimum absolute atomic E-state index is 0.0429. The molecule has 4 nitrogen and oxygen atoms in total. The lowest BCUT2D eigenvalue weighted by Crippen LogP contribution is -2.49. The highest BCUT2D eigenvalue weighted by Gasteiger charge is 2.33. The van der Waals surface area contributed by atoms with Crippen LogP contribution in [0.2, 0.25) is 0 Å². The predicted molar refractivity (Wildman–Crippen MR) is 82.2 cm³/mol. The van der Waals surface area contributed by atoms with Gasteiger partial charge in [-0.15, -0.1) is 0 Å². The maximum Gasteiger partial charge on any atom is 0.128 e. The van der Waals surface area contributed by atoms with Crippen molar-refractivity contribution in [2.75, 3.05) is 26.4 Å². The smallest absolute Gasteiger partial charge is 0.128 e. The molecule has 0 saturated heterocycles. The standard InChI is InChI=1S/C15H28N4/c1-7-8-17-13(15(3,4)19(5)6)12-9-11(2)10-18-14(12)16/h9-10,13,17H,7-8H2,1-6H3,(H2,16,18). The van der Waals surface area contributed by atoms with Gasteiger partial charge in [0.05, 0.1) is 6.04 Å². The van der Waals surface area contributed by atoms with Gasteiger partial charge in [0.15, 0.2) is 0 Å². The van der Waals surface area contributed by atoms with Gasteiger partial charge in [0.1, 0.15) is 5.82 Å². The molecule has 0 radical (unpaired) electrons. The number of nitrogens with two attached hydrogens (primary N) is 1. The highest BCUT2D eigenvalue weighted by molar-refractivity contribution is 5.44. The molecule has 1 aromatic rings. The average molecular weight is 264 g/mol. The van der Waals surface area contributed by atoms with Crippen molar-refractivity contribution < 1.29 is 0 Å². The number of likely N-dealkylation sites (N-methyl/N-ethyl adjacent to an activating group) is 1. The minimum Gasteiger partial charge on any atom is -0.383 e. The molecule has 0 aliphatic carbocycles. The zero-order chi connectivity index (χ0) is 14.6. The van der Waals surface area contributed by atoms with Crippen LogP contribution in [0.4, 0.5) is 5.82 Å². The highest BCUT2D eigenvalue weighted by atomic mass is 15.2. The van der Waals surface area contributed by atoms with Crippen molar-refractivity contribution in [3.05, 3.63) is 23.4 Å². The van der Waals surface area contributed by atoms with Gasteiger partial charge in [-0.1, -0.05) is 6.92 Å². The molecule has 0 aliphatic rings. The number of pyridine rings is 1. The number of nitrogens with one attached hydrogen (secondary N) is 1. The van der Waals surface area contributed by atoms with Crippen LogP contribution in [0.25, 0.3) is 0 Å². The Labute approximate surface area is 117 Å². The molecule has 4 heteroatoms. The molecule has 1 unspecified atom stereocenters. The summed E-state index contributed by atoms with van der Waals surface area (Å²) in [6.45, 7) is 9.64. The van der Waals surface area contributed by atoms with E-state index >= 15 is 0 Å². The normalized spacial score (nSPS) is 13.8. The summed E-state index contributed by atoms with van der Waals surface area (Å²) in [4.78, 5) is 6.52. The molecule has 108 valence electrons. The minimum atomic E-state index is -0.0429. The van der Waals surface area contributed by atoms with Crippen molar-refractivity contribution >= 4 is 5.82 Å². The van der Waals surface area contributed by atoms with Gasteiger partial charge < -0.3 is 16.0 Å². The van der Waals surface area contributed by atoms with E-state index in [2.05, 4.69) is 63.1 Å². The summed E-state index contributed by atoms with van der Waals surface area (Å²) in [5, 5.41) is 3.61. The molecule has 0 spiro atoms. The molecular formula is C15H28N4. The molecule has 0 bridgehead atoms. The van der Waals surface area contributed by atoms with Crippen molar-refractivity contribution in [1.82, 2.24) is 15.2 Å². The van der Waals surface area contributed by atoms with Crippen LogP contribution >= 0.6 is 0 Å². The van der Waals surface area contributed by atoms with Gasteiger partial charge in [0.25, 0.3) is 0 Å². The Kier molecular flexibility index (Phi) is 5.32. The number of aryl methyl sites for hydroxylation is 1. The third-order valence-electron chi connectivity index (χ3n) is 3.85. The second-order valence-electron chi connectivity index (χ2n) is 5.92. The van der Waals surface area contributed by atoms with Gasteiger partial charge in [-0.25, -0.2) is 4.98 Å². The quantitative estimate of drug-likeness (QED) is 0.828. The lowest BCUT2D eigenvalue weighted by atomic mass is 9.87. The van der Waals surface area contributed by atoms with E-state index in [1.165, 1.54) is 0 Å². The fraction of sp³-hybridized carbons (Fsp3) is 0.667. The number of hydrogen-bond acceptors (Lipinski definition) is 4. The Hall–Kier alpha value is -1.13. The second-order valence-corrected chi connectivity index (χ2v) is 5.92. The maximum absolute atomic E-state index is 6.09. The topological polar surface area (TPSA) is 54.2 Å². The molecule has 1 atom stereocenters. The second kappa shape index (κ2) is 6.35. The Morgan fingerprint density at radius 1 is 1.42 bits per heavy atom. The van der Waals surface area contributed by atoms with E-state index in [-0.39, 0.29) is 11.6 Å². The summed E-state index contributed by atoms with van der Waals surface area (Å²) in [6.07, 6.45) is 2.91. The highest BCUT2D eigenvalue weighted by Crippen LogP contribution is 2.32. The summed E-state index contributed by atoms with van der Waals surface area (Å²) in [7, 11) is 4.19. The Morgan fingerprint density at radius 3 is 2.58 bits per heavy atom. The number of aromatic nitrogens is 1. The molecule has 0 aliphatic heterocycles. The summed E-state index contributed by atoms with van der Waals surface area (Å²) in [5.41, 5.74) is 8.28. The van der Waals surface area contributed by atoms with Crippen LogP contribution in [0, 0.1) is 6.92 Å². The van der Waals surface area contributed by atoms with Gasteiger partial charge >= 0.3 is 0 Å². The number of anilines is 1. The lowest BCUT2D eigenvalue weighted by molar-refractivity contribution is 0.138. The molecule has 0 amide bonds. The van der Waals surface area contributed by atoms with Crippen LogP contribution in [0.1, 0.15) is 44.4 Å². The number of hydrogen-bond donors (Lipinski definition) is 2. The Morgan fingerprint density at radius 2 is 2.05 bits per heavy atom. The van der Waals surface area contributed by atoms with E-state index < -0.39 is 0 Å². The summed E-state index contributed by atoms with van der Waals surface area (Å²) < 4.78 is 0. The first-order valence-corrected chi connectivity index (χ1v) is 6.93. The summed E-state index contributed by atoms with van der Waals surface area (Å²) in [6, 6.07) is 2.30. The molecule has 0 fully saturated rings. The van der Waals surface area contributed by atoms with Crippen LogP contribution < -0.4 is 11.1 Å². The number of nitrogens with zero attached hydrogens (tertiary/aromatic N) is 2. The average Bonchev–Trinajstić information content (AvgIpc) is 2.33. The molecule has 0 saturated carbocycles. The van der Waals surface area contributed by atoms with E-state index in [1.54, 1.807) is 0 Å². The molecule has 1 rings (SSSR count). The van der Waals surface area contributed by atoms with Crippen molar-refractivity contribution in [2.45, 2.75) is 45.7 Å². The van der Waals surface area contributed by atoms with E-state index in [9.17, 15) is 0 Å². The zero-order valence-electron chi connectivity index (χ0n) is 13.1. The van der Waals surface area contributed by atoms with E-state index in [0.29, 0.717) is 5.82 Å². The molecular weight excluding hydrogens is 236 g/mol. The van der Waals surface area contributed by atoms with Gasteiger partial charge in [-0.2, -0.15) is 0 Å². The van der Waals surface area contributed by atoms with Crippen LogP contribution in [0.5, 0.6) is 0 Å². The summed E-state index contributed by atoms with van der Waals surface area (Å²) in [5.74, 6) is 0.620. The van der Waals surface area contributed by atoms with E-state index in [1.807, 2.05) is 6.20 Å². The number of nitrogen functional groups attached to an aromatic ring is 1. The van der Waals surface area contributed by atoms with Gasteiger partial charge in [0, 0.05) is 17.3 Å². The zero-order valence-corrected chi connectivity index (χ0v) is 13.1. The largest absolute Gasteiger partial charge is 0.383 e. The fourth-order valence-electron chi connectivity index (χ4n) is 2.12. The number of rotatable bonds is 6. The first-order chi connectivity index (χ1) is 8.80. The molecule has 1 heterocycles.